The van der Waals surface area contributed by atoms with E-state index in [0.717, 1.165) is 0 Å². The van der Waals surface area contributed by atoms with E-state index in [1.807, 2.05) is 0 Å². The Labute approximate surface area is 51.2 Å². The van der Waals surface area contributed by atoms with Gasteiger partial charge in [-0.2, -0.15) is 0 Å². The molecular formula is C2H9N3O4. The number of aliphatic hydroxyl groups is 1. The van der Waals surface area contributed by atoms with Crippen LogP contribution in [0.2, 0.25) is 0 Å². The Kier molecular flexibility index (Phi) is 12.3. The van der Waals surface area contributed by atoms with Crippen molar-refractivity contribution in [2.45, 2.75) is 0 Å². The number of hydrogen-bond donors (Lipinski definition) is 4. The van der Waals surface area contributed by atoms with Crippen molar-refractivity contribution in [1.29, 1.82) is 0 Å². The van der Waals surface area contributed by atoms with E-state index in [0.29, 0.717) is 6.54 Å². The van der Waals surface area contributed by atoms with Gasteiger partial charge in [0.05, 0.1) is 6.61 Å². The molecule has 0 fully saturated rings. The minimum atomic E-state index is -1.50. The maximum atomic E-state index is 8.36. The van der Waals surface area contributed by atoms with Crippen LogP contribution in [-0.4, -0.2) is 28.6 Å². The molecule has 7 heteroatoms. The summed E-state index contributed by atoms with van der Waals surface area (Å²) in [6.07, 6.45) is 0. The van der Waals surface area contributed by atoms with Gasteiger partial charge in [0.15, 0.2) is 0 Å². The van der Waals surface area contributed by atoms with Crippen LogP contribution in [0.5, 0.6) is 0 Å². The average Bonchev–Trinajstić information content (AvgIpc) is 1.66. The molecule has 0 rings (SSSR count). The van der Waals surface area contributed by atoms with E-state index < -0.39 is 5.09 Å². The van der Waals surface area contributed by atoms with Gasteiger partial charge in [-0.3, -0.25) is 11.3 Å². The van der Waals surface area contributed by atoms with Gasteiger partial charge in [0, 0.05) is 6.54 Å². The molecule has 7 nitrogen and oxygen atoms in total. The molecule has 0 radical (unpaired) electrons. The number of rotatable bonds is 2. The second-order valence-corrected chi connectivity index (χ2v) is 0.916. The van der Waals surface area contributed by atoms with Crippen LogP contribution in [0.4, 0.5) is 0 Å². The van der Waals surface area contributed by atoms with Gasteiger partial charge in [-0.05, 0) is 0 Å². The van der Waals surface area contributed by atoms with Gasteiger partial charge in [0.1, 0.15) is 0 Å². The molecule has 0 spiro atoms. The van der Waals surface area contributed by atoms with Crippen LogP contribution in [0.25, 0.3) is 0 Å². The number of nitrogens with one attached hydrogen (secondary N) is 1. The molecule has 0 aromatic heterocycles. The van der Waals surface area contributed by atoms with Gasteiger partial charge >= 0.3 is 0 Å². The number of nitrogens with zero attached hydrogens (tertiary/aromatic N) is 1. The summed E-state index contributed by atoms with van der Waals surface area (Å²) in [6.45, 7) is 0.580. The molecule has 0 aliphatic heterocycles. The maximum absolute atomic E-state index is 8.36. The molecule has 0 unspecified atom stereocenters. The Morgan fingerprint density at radius 1 is 1.78 bits per heavy atom. The molecule has 9 heavy (non-hydrogen) atoms. The smallest absolute Gasteiger partial charge is 0.291 e. The summed E-state index contributed by atoms with van der Waals surface area (Å²) < 4.78 is 0. The highest BCUT2D eigenvalue weighted by Gasteiger charge is 1.66. The van der Waals surface area contributed by atoms with Crippen LogP contribution in [0.15, 0.2) is 0 Å². The monoisotopic (exact) mass is 139 g/mol. The van der Waals surface area contributed by atoms with Crippen molar-refractivity contribution >= 4 is 0 Å². The first-order chi connectivity index (χ1) is 4.15. The first-order valence-electron chi connectivity index (χ1n) is 2.02. The van der Waals surface area contributed by atoms with Crippen molar-refractivity contribution in [2.75, 3.05) is 13.2 Å². The van der Waals surface area contributed by atoms with Gasteiger partial charge in [-0.1, -0.05) is 0 Å². The molecule has 0 saturated heterocycles. The van der Waals surface area contributed by atoms with E-state index in [4.69, 9.17) is 26.3 Å². The van der Waals surface area contributed by atoms with Crippen LogP contribution in [0, 0.1) is 10.1 Å². The Bertz CT molecular complexity index is 60.8. The summed E-state index contributed by atoms with van der Waals surface area (Å²) in [6, 6.07) is 0. The average molecular weight is 139 g/mol. The Morgan fingerprint density at radius 2 is 2.11 bits per heavy atom. The highest BCUT2D eigenvalue weighted by molar-refractivity contribution is 4.24. The van der Waals surface area contributed by atoms with Crippen molar-refractivity contribution in [3.63, 3.8) is 0 Å². The normalized spacial score (nSPS) is 7.33. The van der Waals surface area contributed by atoms with Crippen LogP contribution in [0.1, 0.15) is 0 Å². The quantitative estimate of drug-likeness (QED) is 0.201. The summed E-state index contributed by atoms with van der Waals surface area (Å²) in [7, 11) is 0. The number of nitrogens with two attached hydrogens (primary N) is 1. The van der Waals surface area contributed by atoms with E-state index >= 15 is 0 Å². The summed E-state index contributed by atoms with van der Waals surface area (Å²) in [4.78, 5) is 8.36. The molecule has 0 saturated carbocycles. The van der Waals surface area contributed by atoms with Gasteiger partial charge < -0.3 is 10.3 Å². The van der Waals surface area contributed by atoms with E-state index in [1.165, 1.54) is 0 Å². The first-order valence-corrected chi connectivity index (χ1v) is 2.02. The zero-order valence-electron chi connectivity index (χ0n) is 4.65. The lowest BCUT2D eigenvalue weighted by atomic mass is 10.7. The summed E-state index contributed by atoms with van der Waals surface area (Å²) in [5.41, 5.74) is 2.27. The predicted molar refractivity (Wildman–Crippen MR) is 28.1 cm³/mol. The second-order valence-electron chi connectivity index (χ2n) is 0.916. The standard InChI is InChI=1S/C2H8N2O.HNO3/c3-4-1-2-5;2-1(3)4/h4-5H,1-3H2;(H,2,3,4). The molecule has 0 aromatic rings. The molecule has 0 aromatic carbocycles. The van der Waals surface area contributed by atoms with Crippen molar-refractivity contribution in [3.8, 4) is 0 Å². The molecule has 0 amide bonds. The first kappa shape index (κ1) is 11.0. The zero-order chi connectivity index (χ0) is 7.70. The maximum Gasteiger partial charge on any atom is 0.291 e. The molecule has 0 bridgehead atoms. The van der Waals surface area contributed by atoms with Crippen molar-refractivity contribution in [3.05, 3.63) is 10.1 Å². The lowest BCUT2D eigenvalue weighted by molar-refractivity contribution is -0.742. The van der Waals surface area contributed by atoms with E-state index in [9.17, 15) is 0 Å². The fourth-order valence-electron chi connectivity index (χ4n) is 0.0645. The Balaban J connectivity index is 0. The SMILES string of the molecule is NNCCO.O=[N+]([O-])O. The highest BCUT2D eigenvalue weighted by Crippen LogP contribution is 1.39. The third-order valence-corrected chi connectivity index (χ3v) is 0.256. The molecule has 0 aliphatic rings. The topological polar surface area (TPSA) is 122 Å². The number of aliphatic hydroxyl groups excluding tert-OH is 1. The number of hydrazine groups is 1. The van der Waals surface area contributed by atoms with Gasteiger partial charge in [0.25, 0.3) is 5.09 Å². The molecule has 0 aliphatic carbocycles. The van der Waals surface area contributed by atoms with E-state index in [2.05, 4.69) is 5.43 Å². The van der Waals surface area contributed by atoms with Crippen molar-refractivity contribution in [1.82, 2.24) is 5.43 Å². The zero-order valence-corrected chi connectivity index (χ0v) is 4.65. The lowest BCUT2D eigenvalue weighted by Gasteiger charge is -1.84. The fraction of sp³-hybridized carbons (Fsp3) is 1.00. The van der Waals surface area contributed by atoms with Crippen molar-refractivity contribution in [2.24, 2.45) is 5.84 Å². The van der Waals surface area contributed by atoms with Crippen LogP contribution < -0.4 is 11.3 Å². The van der Waals surface area contributed by atoms with Gasteiger partial charge in [-0.25, -0.2) is 0 Å². The van der Waals surface area contributed by atoms with Crippen molar-refractivity contribution < 1.29 is 15.4 Å². The molecule has 56 valence electrons. The van der Waals surface area contributed by atoms with E-state index in [1.54, 1.807) is 0 Å². The van der Waals surface area contributed by atoms with Crippen LogP contribution in [0.3, 0.4) is 0 Å². The Hall–Kier alpha value is -0.920. The minimum Gasteiger partial charge on any atom is -0.395 e. The van der Waals surface area contributed by atoms with E-state index in [-0.39, 0.29) is 6.61 Å². The largest absolute Gasteiger partial charge is 0.395 e. The summed E-state index contributed by atoms with van der Waals surface area (Å²) in [5, 5.41) is 21.6. The fourth-order valence-corrected chi connectivity index (χ4v) is 0.0645. The van der Waals surface area contributed by atoms with Crippen LogP contribution in [-0.2, 0) is 0 Å². The van der Waals surface area contributed by atoms with Gasteiger partial charge in [0.2, 0.25) is 0 Å². The molecule has 0 heterocycles. The van der Waals surface area contributed by atoms with Crippen LogP contribution >= 0.6 is 0 Å². The highest BCUT2D eigenvalue weighted by atomic mass is 16.9. The molecule has 5 N–H and O–H groups in total. The summed E-state index contributed by atoms with van der Waals surface area (Å²) in [5.74, 6) is 4.73. The predicted octanol–water partition coefficient (Wildman–Crippen LogP) is -1.91. The molecular weight excluding hydrogens is 130 g/mol. The van der Waals surface area contributed by atoms with Gasteiger partial charge in [-0.15, -0.1) is 10.1 Å². The minimum absolute atomic E-state index is 0.108. The lowest BCUT2D eigenvalue weighted by Crippen LogP contribution is -2.24. The number of hydrogen-bond acceptors (Lipinski definition) is 5. The Morgan fingerprint density at radius 3 is 2.11 bits per heavy atom. The second kappa shape index (κ2) is 10.1. The third-order valence-electron chi connectivity index (χ3n) is 0.256. The third kappa shape index (κ3) is 157. The summed E-state index contributed by atoms with van der Waals surface area (Å²) >= 11 is 0. The molecule has 0 atom stereocenters.